The number of sulfonamides is 1. The van der Waals surface area contributed by atoms with Crippen LogP contribution in [0.25, 0.3) is 0 Å². The van der Waals surface area contributed by atoms with Crippen molar-refractivity contribution >= 4 is 27.6 Å². The van der Waals surface area contributed by atoms with Crippen LogP contribution in [0.4, 0.5) is 5.69 Å². The molecule has 0 fully saturated rings. The summed E-state index contributed by atoms with van der Waals surface area (Å²) in [7, 11) is -3.79. The lowest BCUT2D eigenvalue weighted by molar-refractivity contribution is -0.140. The fourth-order valence-corrected chi connectivity index (χ4v) is 3.31. The summed E-state index contributed by atoms with van der Waals surface area (Å²) >= 11 is 0. The van der Waals surface area contributed by atoms with Gasteiger partial charge in [-0.3, -0.25) is 14.3 Å². The second-order valence-electron chi connectivity index (χ2n) is 5.68. The molecule has 2 aromatic rings. The molecule has 2 aromatic carbocycles. The first kappa shape index (κ1) is 21.2. The predicted molar refractivity (Wildman–Crippen MR) is 104 cm³/mol. The summed E-state index contributed by atoms with van der Waals surface area (Å²) in [5.41, 5.74) is 0.693. The predicted octanol–water partition coefficient (Wildman–Crippen LogP) is 2.18. The van der Waals surface area contributed by atoms with E-state index in [9.17, 15) is 18.0 Å². The van der Waals surface area contributed by atoms with Crippen molar-refractivity contribution in [1.29, 1.82) is 0 Å². The SMILES string of the molecule is CCOc1ccc(NS(=O)(=O)c2ccc(C(=O)NCCOC(C)=O)cc2)cc1. The molecule has 0 atom stereocenters. The van der Waals surface area contributed by atoms with Crippen LogP contribution in [0.3, 0.4) is 0 Å². The van der Waals surface area contributed by atoms with Crippen molar-refractivity contribution in [2.24, 2.45) is 0 Å². The minimum atomic E-state index is -3.79. The van der Waals surface area contributed by atoms with E-state index in [1.807, 2.05) is 6.92 Å². The molecule has 150 valence electrons. The highest BCUT2D eigenvalue weighted by Gasteiger charge is 2.15. The zero-order chi connectivity index (χ0) is 20.6. The number of carbonyl (C=O) groups excluding carboxylic acids is 2. The van der Waals surface area contributed by atoms with E-state index in [1.165, 1.54) is 31.2 Å². The van der Waals surface area contributed by atoms with Gasteiger partial charge in [-0.05, 0) is 55.5 Å². The largest absolute Gasteiger partial charge is 0.494 e. The molecular weight excluding hydrogens is 384 g/mol. The van der Waals surface area contributed by atoms with E-state index in [0.717, 1.165) is 0 Å². The van der Waals surface area contributed by atoms with Crippen molar-refractivity contribution in [3.63, 3.8) is 0 Å². The van der Waals surface area contributed by atoms with Crippen molar-refractivity contribution in [3.8, 4) is 5.75 Å². The van der Waals surface area contributed by atoms with E-state index in [4.69, 9.17) is 9.47 Å². The Kier molecular flexibility index (Phi) is 7.39. The molecule has 8 nitrogen and oxygen atoms in total. The Bertz CT molecular complexity index is 908. The maximum absolute atomic E-state index is 12.5. The Morgan fingerprint density at radius 2 is 1.64 bits per heavy atom. The molecule has 0 radical (unpaired) electrons. The molecule has 0 aliphatic heterocycles. The molecule has 0 heterocycles. The Hall–Kier alpha value is -3.07. The third-order valence-corrected chi connectivity index (χ3v) is 4.93. The number of nitrogens with one attached hydrogen (secondary N) is 2. The molecule has 2 N–H and O–H groups in total. The molecule has 9 heteroatoms. The normalized spacial score (nSPS) is 10.8. The van der Waals surface area contributed by atoms with Crippen molar-refractivity contribution in [1.82, 2.24) is 5.32 Å². The van der Waals surface area contributed by atoms with E-state index in [1.54, 1.807) is 24.3 Å². The van der Waals surface area contributed by atoms with Crippen LogP contribution >= 0.6 is 0 Å². The minimum absolute atomic E-state index is 0.0258. The van der Waals surface area contributed by atoms with Gasteiger partial charge in [-0.1, -0.05) is 0 Å². The molecule has 0 saturated carbocycles. The zero-order valence-corrected chi connectivity index (χ0v) is 16.4. The number of benzene rings is 2. The Labute approximate surface area is 163 Å². The average Bonchev–Trinajstić information content (AvgIpc) is 2.66. The van der Waals surface area contributed by atoms with Crippen molar-refractivity contribution in [2.75, 3.05) is 24.5 Å². The number of hydrogen-bond acceptors (Lipinski definition) is 6. The van der Waals surface area contributed by atoms with Gasteiger partial charge in [-0.25, -0.2) is 8.42 Å². The molecule has 2 rings (SSSR count). The summed E-state index contributed by atoms with van der Waals surface area (Å²) in [5.74, 6) is -0.172. The van der Waals surface area contributed by atoms with Gasteiger partial charge in [0, 0.05) is 18.2 Å². The molecule has 0 aliphatic carbocycles. The summed E-state index contributed by atoms with van der Waals surface area (Å²) in [6, 6.07) is 12.1. The highest BCUT2D eigenvalue weighted by atomic mass is 32.2. The minimum Gasteiger partial charge on any atom is -0.494 e. The van der Waals surface area contributed by atoms with Gasteiger partial charge in [0.2, 0.25) is 0 Å². The van der Waals surface area contributed by atoms with Crippen LogP contribution in [-0.2, 0) is 19.6 Å². The van der Waals surface area contributed by atoms with Crippen molar-refractivity contribution < 1.29 is 27.5 Å². The molecular formula is C19H22N2O6S. The number of hydrogen-bond donors (Lipinski definition) is 2. The van der Waals surface area contributed by atoms with Gasteiger partial charge in [0.15, 0.2) is 0 Å². The summed E-state index contributed by atoms with van der Waals surface area (Å²) < 4.78 is 37.5. The van der Waals surface area contributed by atoms with Crippen LogP contribution in [0.2, 0.25) is 0 Å². The maximum Gasteiger partial charge on any atom is 0.302 e. The van der Waals surface area contributed by atoms with E-state index in [-0.39, 0.29) is 18.0 Å². The Balaban J connectivity index is 1.98. The van der Waals surface area contributed by atoms with Crippen LogP contribution in [0.5, 0.6) is 5.75 Å². The molecule has 28 heavy (non-hydrogen) atoms. The lowest BCUT2D eigenvalue weighted by Crippen LogP contribution is -2.27. The number of rotatable bonds is 9. The molecule has 0 aliphatic rings. The summed E-state index contributed by atoms with van der Waals surface area (Å²) in [4.78, 5) is 22.7. The fourth-order valence-electron chi connectivity index (χ4n) is 2.25. The van der Waals surface area contributed by atoms with Crippen molar-refractivity contribution in [2.45, 2.75) is 18.7 Å². The highest BCUT2D eigenvalue weighted by Crippen LogP contribution is 2.20. The first-order chi connectivity index (χ1) is 13.3. The molecule has 1 amide bonds. The number of anilines is 1. The topological polar surface area (TPSA) is 111 Å². The first-order valence-electron chi connectivity index (χ1n) is 8.59. The Morgan fingerprint density at radius 1 is 1.00 bits per heavy atom. The smallest absolute Gasteiger partial charge is 0.302 e. The fraction of sp³-hybridized carbons (Fsp3) is 0.263. The second kappa shape index (κ2) is 9.75. The molecule has 0 spiro atoms. The second-order valence-corrected chi connectivity index (χ2v) is 7.37. The third kappa shape index (κ3) is 6.27. The van der Waals surface area contributed by atoms with Gasteiger partial charge in [0.1, 0.15) is 12.4 Å². The van der Waals surface area contributed by atoms with Gasteiger partial charge < -0.3 is 14.8 Å². The standard InChI is InChI=1S/C19H22N2O6S/c1-3-26-17-8-6-16(7-9-17)21-28(24,25)18-10-4-15(5-11-18)19(23)20-12-13-27-14(2)22/h4-11,21H,3,12-13H2,1-2H3,(H,20,23). The average molecular weight is 406 g/mol. The third-order valence-electron chi connectivity index (χ3n) is 3.54. The van der Waals surface area contributed by atoms with Crippen LogP contribution in [0.15, 0.2) is 53.4 Å². The van der Waals surface area contributed by atoms with E-state index in [0.29, 0.717) is 23.6 Å². The summed E-state index contributed by atoms with van der Waals surface area (Å²) in [5, 5.41) is 2.57. The van der Waals surface area contributed by atoms with Gasteiger partial charge in [0.25, 0.3) is 15.9 Å². The van der Waals surface area contributed by atoms with Gasteiger partial charge >= 0.3 is 5.97 Å². The quantitative estimate of drug-likeness (QED) is 0.488. The van der Waals surface area contributed by atoms with Crippen LogP contribution in [-0.4, -0.2) is 40.1 Å². The Morgan fingerprint density at radius 3 is 2.21 bits per heavy atom. The van der Waals surface area contributed by atoms with E-state index in [2.05, 4.69) is 10.0 Å². The lowest BCUT2D eigenvalue weighted by atomic mass is 10.2. The highest BCUT2D eigenvalue weighted by molar-refractivity contribution is 7.92. The molecule has 0 unspecified atom stereocenters. The number of ether oxygens (including phenoxy) is 2. The van der Waals surface area contributed by atoms with Crippen LogP contribution in [0, 0.1) is 0 Å². The summed E-state index contributed by atoms with van der Waals surface area (Å²) in [6.07, 6.45) is 0. The van der Waals surface area contributed by atoms with E-state index >= 15 is 0 Å². The van der Waals surface area contributed by atoms with Gasteiger partial charge in [-0.15, -0.1) is 0 Å². The monoisotopic (exact) mass is 406 g/mol. The maximum atomic E-state index is 12.5. The van der Waals surface area contributed by atoms with Gasteiger partial charge in [0.05, 0.1) is 18.0 Å². The molecule has 0 aromatic heterocycles. The molecule has 0 saturated heterocycles. The summed E-state index contributed by atoms with van der Waals surface area (Å²) in [6.45, 7) is 3.90. The first-order valence-corrected chi connectivity index (χ1v) is 10.1. The zero-order valence-electron chi connectivity index (χ0n) is 15.6. The number of amides is 1. The van der Waals surface area contributed by atoms with E-state index < -0.39 is 21.9 Å². The number of carbonyl (C=O) groups is 2. The number of esters is 1. The van der Waals surface area contributed by atoms with Crippen molar-refractivity contribution in [3.05, 3.63) is 54.1 Å². The lowest BCUT2D eigenvalue weighted by Gasteiger charge is -2.10. The van der Waals surface area contributed by atoms with Gasteiger partial charge in [-0.2, -0.15) is 0 Å². The molecule has 0 bridgehead atoms. The van der Waals surface area contributed by atoms with Crippen LogP contribution < -0.4 is 14.8 Å². The van der Waals surface area contributed by atoms with Crippen LogP contribution in [0.1, 0.15) is 24.2 Å².